The summed E-state index contributed by atoms with van der Waals surface area (Å²) in [7, 11) is -4.01. The number of nitrogens with zero attached hydrogens (tertiary/aromatic N) is 2. The lowest BCUT2D eigenvalue weighted by Gasteiger charge is -2.33. The summed E-state index contributed by atoms with van der Waals surface area (Å²) >= 11 is 0. The maximum Gasteiger partial charge on any atom is 0.339 e. The van der Waals surface area contributed by atoms with E-state index in [4.69, 9.17) is 4.74 Å². The van der Waals surface area contributed by atoms with Crippen molar-refractivity contribution in [2.24, 2.45) is 10.9 Å². The molecule has 2 atom stereocenters. The Labute approximate surface area is 171 Å². The highest BCUT2D eigenvalue weighted by Gasteiger charge is 2.46. The van der Waals surface area contributed by atoms with Gasteiger partial charge in [-0.25, -0.2) is 13.2 Å². The van der Waals surface area contributed by atoms with Gasteiger partial charge in [0.25, 0.3) is 10.0 Å². The summed E-state index contributed by atoms with van der Waals surface area (Å²) in [6, 6.07) is 6.02. The van der Waals surface area contributed by atoms with Crippen molar-refractivity contribution in [3.05, 3.63) is 41.5 Å². The van der Waals surface area contributed by atoms with Gasteiger partial charge in [-0.1, -0.05) is 18.2 Å². The number of allylic oxidation sites excluding steroid dienone is 2. The molecule has 8 heteroatoms. The minimum Gasteiger partial charge on any atom is -0.462 e. The predicted octanol–water partition coefficient (Wildman–Crippen LogP) is 2.97. The Morgan fingerprint density at radius 2 is 2.00 bits per heavy atom. The van der Waals surface area contributed by atoms with Crippen LogP contribution >= 0.6 is 0 Å². The van der Waals surface area contributed by atoms with Gasteiger partial charge in [-0.2, -0.15) is 0 Å². The van der Waals surface area contributed by atoms with Crippen LogP contribution in [-0.2, 0) is 19.6 Å². The maximum atomic E-state index is 13.4. The van der Waals surface area contributed by atoms with Crippen LogP contribution in [-0.4, -0.2) is 49.0 Å². The Morgan fingerprint density at radius 1 is 1.31 bits per heavy atom. The lowest BCUT2D eigenvalue weighted by Crippen LogP contribution is -2.43. The van der Waals surface area contributed by atoms with Crippen molar-refractivity contribution >= 4 is 27.6 Å². The largest absolute Gasteiger partial charge is 0.462 e. The first-order valence-electron chi connectivity index (χ1n) is 9.65. The van der Waals surface area contributed by atoms with Crippen molar-refractivity contribution < 1.29 is 22.7 Å². The highest BCUT2D eigenvalue weighted by molar-refractivity contribution is 7.89. The van der Waals surface area contributed by atoms with Crippen molar-refractivity contribution in [1.29, 1.82) is 0 Å². The van der Waals surface area contributed by atoms with E-state index in [0.29, 0.717) is 18.7 Å². The fourth-order valence-corrected chi connectivity index (χ4v) is 5.64. The molecule has 0 amide bonds. The van der Waals surface area contributed by atoms with Crippen LogP contribution in [0.25, 0.3) is 0 Å². The van der Waals surface area contributed by atoms with Gasteiger partial charge in [-0.05, 0) is 57.7 Å². The number of esters is 1. The molecule has 0 N–H and O–H groups in total. The van der Waals surface area contributed by atoms with E-state index in [0.717, 1.165) is 5.57 Å². The molecule has 0 fully saturated rings. The van der Waals surface area contributed by atoms with E-state index in [-0.39, 0.29) is 35.3 Å². The Hall–Kier alpha value is -2.48. The third kappa shape index (κ3) is 3.85. The monoisotopic (exact) mass is 418 g/mol. The molecule has 1 aromatic rings. The van der Waals surface area contributed by atoms with E-state index in [1.807, 2.05) is 13.0 Å². The van der Waals surface area contributed by atoms with E-state index >= 15 is 0 Å². The first-order chi connectivity index (χ1) is 13.6. The number of carbonyl (C=O) groups excluding carboxylic acids is 2. The van der Waals surface area contributed by atoms with Crippen LogP contribution < -0.4 is 0 Å². The van der Waals surface area contributed by atoms with Crippen LogP contribution in [0.3, 0.4) is 0 Å². The smallest absolute Gasteiger partial charge is 0.339 e. The number of sulfonamides is 1. The maximum absolute atomic E-state index is 13.4. The molecule has 1 aliphatic carbocycles. The molecule has 3 rings (SSSR count). The summed E-state index contributed by atoms with van der Waals surface area (Å²) in [6.45, 7) is 7.27. The topological polar surface area (TPSA) is 93.1 Å². The molecular formula is C21H26N2O5S. The number of hydrogen-bond donors (Lipinski definition) is 0. The minimum atomic E-state index is -4.01. The summed E-state index contributed by atoms with van der Waals surface area (Å²) in [6.07, 6.45) is 2.93. The van der Waals surface area contributed by atoms with Crippen LogP contribution in [0.2, 0.25) is 0 Å². The number of rotatable bonds is 5. The third-order valence-corrected chi connectivity index (χ3v) is 7.54. The summed E-state index contributed by atoms with van der Waals surface area (Å²) in [5.41, 5.74) is 0.0432. The Kier molecular flexibility index (Phi) is 5.67. The van der Waals surface area contributed by atoms with Crippen molar-refractivity contribution in [3.63, 3.8) is 0 Å². The van der Waals surface area contributed by atoms with Crippen molar-refractivity contribution in [2.75, 3.05) is 13.2 Å². The molecule has 0 spiro atoms. The normalized spacial score (nSPS) is 24.9. The molecule has 0 aromatic heterocycles. The average molecular weight is 419 g/mol. The summed E-state index contributed by atoms with van der Waals surface area (Å²) < 4.78 is 33.1. The third-order valence-electron chi connectivity index (χ3n) is 5.65. The van der Waals surface area contributed by atoms with Crippen LogP contribution in [0.15, 0.2) is 45.8 Å². The number of benzene rings is 1. The number of aliphatic imine (C=N–C) groups is 1. The zero-order chi connectivity index (χ0) is 21.4. The second-order valence-electron chi connectivity index (χ2n) is 7.69. The average Bonchev–Trinajstić information content (AvgIpc) is 3.00. The van der Waals surface area contributed by atoms with Gasteiger partial charge >= 0.3 is 5.97 Å². The Bertz CT molecular complexity index is 1010. The lowest BCUT2D eigenvalue weighted by atomic mass is 9.76. The van der Waals surface area contributed by atoms with Crippen LogP contribution in [0.4, 0.5) is 0 Å². The number of ketones is 1. The highest BCUT2D eigenvalue weighted by atomic mass is 32.2. The first kappa shape index (κ1) is 21.2. The Morgan fingerprint density at radius 3 is 2.66 bits per heavy atom. The SMILES string of the molecule is CCOC(=O)c1ccccc1S(=O)(=O)N1CC(C)([C@H]2CC=C(C)C(=O)C2)N=C1C. The van der Waals surface area contributed by atoms with Gasteiger partial charge in [0.15, 0.2) is 5.78 Å². The zero-order valence-electron chi connectivity index (χ0n) is 17.1. The van der Waals surface area contributed by atoms with Crippen LogP contribution in [0.1, 0.15) is 50.9 Å². The van der Waals surface area contributed by atoms with Crippen LogP contribution in [0.5, 0.6) is 0 Å². The van der Waals surface area contributed by atoms with E-state index in [1.165, 1.54) is 16.4 Å². The molecule has 1 aromatic carbocycles. The molecule has 156 valence electrons. The molecule has 0 radical (unpaired) electrons. The summed E-state index contributed by atoms with van der Waals surface area (Å²) in [4.78, 5) is 29.0. The number of amidine groups is 1. The molecule has 7 nitrogen and oxygen atoms in total. The summed E-state index contributed by atoms with van der Waals surface area (Å²) in [5, 5.41) is 0. The molecule has 0 bridgehead atoms. The molecule has 29 heavy (non-hydrogen) atoms. The fourth-order valence-electron chi connectivity index (χ4n) is 3.91. The lowest BCUT2D eigenvalue weighted by molar-refractivity contribution is -0.117. The van der Waals surface area contributed by atoms with Gasteiger partial charge < -0.3 is 4.74 Å². The predicted molar refractivity (Wildman–Crippen MR) is 109 cm³/mol. The van der Waals surface area contributed by atoms with E-state index < -0.39 is 21.5 Å². The molecule has 2 aliphatic rings. The van der Waals surface area contributed by atoms with Gasteiger partial charge in [-0.3, -0.25) is 14.1 Å². The minimum absolute atomic E-state index is 0.00200. The molecule has 1 unspecified atom stereocenters. The number of carbonyl (C=O) groups is 2. The second kappa shape index (κ2) is 7.74. The number of ether oxygens (including phenoxy) is 1. The van der Waals surface area contributed by atoms with Gasteiger partial charge in [0.05, 0.1) is 24.3 Å². The standard InChI is InChI=1S/C21H26N2O5S/c1-5-28-20(25)17-8-6-7-9-19(17)29(26,27)23-13-21(4,22-15(23)3)16-11-10-14(2)18(24)12-16/h6-10,16H,5,11-13H2,1-4H3/t16-,21?/m0/s1. The van der Waals surface area contributed by atoms with E-state index in [2.05, 4.69) is 4.99 Å². The van der Waals surface area contributed by atoms with Gasteiger partial charge in [0.2, 0.25) is 0 Å². The highest BCUT2D eigenvalue weighted by Crippen LogP contribution is 2.38. The number of Topliss-reactive ketones (excluding diaryl/α,β-unsaturated/α-hetero) is 1. The molecule has 0 saturated heterocycles. The summed E-state index contributed by atoms with van der Waals surface area (Å²) in [5.74, 6) is -0.329. The molecule has 1 aliphatic heterocycles. The zero-order valence-corrected chi connectivity index (χ0v) is 18.0. The Balaban J connectivity index is 1.94. The first-order valence-corrected chi connectivity index (χ1v) is 11.1. The quantitative estimate of drug-likeness (QED) is 0.686. The van der Waals surface area contributed by atoms with E-state index in [9.17, 15) is 18.0 Å². The second-order valence-corrected chi connectivity index (χ2v) is 9.52. The van der Waals surface area contributed by atoms with Crippen molar-refractivity contribution in [3.8, 4) is 0 Å². The van der Waals surface area contributed by atoms with Gasteiger partial charge in [0.1, 0.15) is 10.7 Å². The molecular weight excluding hydrogens is 392 g/mol. The van der Waals surface area contributed by atoms with Gasteiger partial charge in [0, 0.05) is 6.42 Å². The van der Waals surface area contributed by atoms with E-state index in [1.54, 1.807) is 32.9 Å². The fraction of sp³-hybridized carbons (Fsp3) is 0.476. The van der Waals surface area contributed by atoms with Crippen molar-refractivity contribution in [1.82, 2.24) is 4.31 Å². The van der Waals surface area contributed by atoms with Gasteiger partial charge in [-0.15, -0.1) is 0 Å². The molecule has 0 saturated carbocycles. The van der Waals surface area contributed by atoms with Crippen molar-refractivity contribution in [2.45, 2.75) is 51.0 Å². The van der Waals surface area contributed by atoms with Crippen LogP contribution in [0, 0.1) is 5.92 Å². The number of hydrogen-bond acceptors (Lipinski definition) is 6. The molecule has 1 heterocycles.